The second kappa shape index (κ2) is 5.37. The lowest BCUT2D eigenvalue weighted by Crippen LogP contribution is -1.97. The summed E-state index contributed by atoms with van der Waals surface area (Å²) in [5.74, 6) is 0.879. The quantitative estimate of drug-likeness (QED) is 0.916. The first kappa shape index (κ1) is 11.5. The molecule has 0 saturated carbocycles. The van der Waals surface area contributed by atoms with Crippen molar-refractivity contribution in [2.24, 2.45) is 0 Å². The standard InChI is InChI=1S/C12H12BrNOS/c1-15-11-4-2-10(3-5-11)14-7-9-6-12(13)16-8-9/h2-6,8,14H,7H2,1H3. The number of methoxy groups -OCH3 is 1. The predicted molar refractivity (Wildman–Crippen MR) is 72.3 cm³/mol. The van der Waals surface area contributed by atoms with E-state index in [4.69, 9.17) is 4.74 Å². The number of halogens is 1. The third kappa shape index (κ3) is 3.00. The van der Waals surface area contributed by atoms with Crippen molar-refractivity contribution in [2.45, 2.75) is 6.54 Å². The molecule has 4 heteroatoms. The van der Waals surface area contributed by atoms with Crippen LogP contribution in [-0.2, 0) is 6.54 Å². The van der Waals surface area contributed by atoms with Gasteiger partial charge in [-0.25, -0.2) is 0 Å². The number of thiophene rings is 1. The largest absolute Gasteiger partial charge is 0.497 e. The second-order valence-corrected chi connectivity index (χ2v) is 5.63. The number of hydrogen-bond acceptors (Lipinski definition) is 3. The Morgan fingerprint density at radius 3 is 2.62 bits per heavy atom. The van der Waals surface area contributed by atoms with Gasteiger partial charge in [0.1, 0.15) is 5.75 Å². The number of rotatable bonds is 4. The van der Waals surface area contributed by atoms with Gasteiger partial charge in [-0.05, 0) is 57.2 Å². The van der Waals surface area contributed by atoms with Gasteiger partial charge in [-0.1, -0.05) is 0 Å². The first-order valence-electron chi connectivity index (χ1n) is 4.89. The van der Waals surface area contributed by atoms with E-state index in [1.165, 1.54) is 9.35 Å². The molecule has 0 saturated heterocycles. The molecule has 0 aliphatic carbocycles. The van der Waals surface area contributed by atoms with E-state index in [0.29, 0.717) is 0 Å². The molecule has 0 aliphatic heterocycles. The molecule has 1 aromatic heterocycles. The van der Waals surface area contributed by atoms with E-state index in [1.807, 2.05) is 24.3 Å². The van der Waals surface area contributed by atoms with Crippen molar-refractivity contribution >= 4 is 33.0 Å². The average Bonchev–Trinajstić information content (AvgIpc) is 2.73. The SMILES string of the molecule is COc1ccc(NCc2csc(Br)c2)cc1. The minimum absolute atomic E-state index is 0.842. The Labute approximate surface area is 107 Å². The van der Waals surface area contributed by atoms with Crippen molar-refractivity contribution in [1.29, 1.82) is 0 Å². The van der Waals surface area contributed by atoms with Crippen molar-refractivity contribution in [3.8, 4) is 5.75 Å². The second-order valence-electron chi connectivity index (χ2n) is 3.34. The Bertz CT molecular complexity index is 452. The zero-order chi connectivity index (χ0) is 11.4. The van der Waals surface area contributed by atoms with Gasteiger partial charge in [0.25, 0.3) is 0 Å². The van der Waals surface area contributed by atoms with Crippen LogP contribution in [0.15, 0.2) is 39.5 Å². The van der Waals surface area contributed by atoms with Crippen molar-refractivity contribution in [3.05, 3.63) is 45.1 Å². The lowest BCUT2D eigenvalue weighted by atomic mass is 10.3. The molecule has 0 radical (unpaired) electrons. The Morgan fingerprint density at radius 1 is 1.31 bits per heavy atom. The van der Waals surface area contributed by atoms with Crippen LogP contribution in [0.25, 0.3) is 0 Å². The minimum atomic E-state index is 0.842. The maximum atomic E-state index is 5.10. The highest BCUT2D eigenvalue weighted by Gasteiger charge is 1.97. The molecule has 84 valence electrons. The third-order valence-electron chi connectivity index (χ3n) is 2.21. The number of nitrogens with one attached hydrogen (secondary N) is 1. The molecule has 2 aromatic rings. The summed E-state index contributed by atoms with van der Waals surface area (Å²) in [7, 11) is 1.67. The first-order valence-corrected chi connectivity index (χ1v) is 6.56. The van der Waals surface area contributed by atoms with E-state index in [-0.39, 0.29) is 0 Å². The molecule has 0 bridgehead atoms. The number of hydrogen-bond donors (Lipinski definition) is 1. The minimum Gasteiger partial charge on any atom is -0.497 e. The van der Waals surface area contributed by atoms with E-state index in [0.717, 1.165) is 18.0 Å². The van der Waals surface area contributed by atoms with Gasteiger partial charge in [-0.3, -0.25) is 0 Å². The van der Waals surface area contributed by atoms with Crippen molar-refractivity contribution in [1.82, 2.24) is 0 Å². The Morgan fingerprint density at radius 2 is 2.06 bits per heavy atom. The zero-order valence-electron chi connectivity index (χ0n) is 8.87. The molecule has 0 aliphatic rings. The topological polar surface area (TPSA) is 21.3 Å². The Hall–Kier alpha value is -1.00. The lowest BCUT2D eigenvalue weighted by Gasteiger charge is -2.05. The van der Waals surface area contributed by atoms with Gasteiger partial charge in [-0.15, -0.1) is 11.3 Å². The number of anilines is 1. The predicted octanol–water partition coefficient (Wildman–Crippen LogP) is 4.13. The van der Waals surface area contributed by atoms with Crippen LogP contribution in [0.2, 0.25) is 0 Å². The molecule has 0 amide bonds. The van der Waals surface area contributed by atoms with E-state index >= 15 is 0 Å². The van der Waals surface area contributed by atoms with Gasteiger partial charge >= 0.3 is 0 Å². The lowest BCUT2D eigenvalue weighted by molar-refractivity contribution is 0.415. The summed E-state index contributed by atoms with van der Waals surface area (Å²) in [4.78, 5) is 0. The van der Waals surface area contributed by atoms with Gasteiger partial charge in [0.2, 0.25) is 0 Å². The summed E-state index contributed by atoms with van der Waals surface area (Å²) < 4.78 is 6.27. The maximum Gasteiger partial charge on any atom is 0.119 e. The van der Waals surface area contributed by atoms with Gasteiger partial charge in [0.05, 0.1) is 10.9 Å². The fourth-order valence-electron chi connectivity index (χ4n) is 1.35. The van der Waals surface area contributed by atoms with E-state index in [2.05, 4.69) is 32.7 Å². The number of benzene rings is 1. The highest BCUT2D eigenvalue weighted by molar-refractivity contribution is 9.11. The third-order valence-corrected chi connectivity index (χ3v) is 3.76. The van der Waals surface area contributed by atoms with Gasteiger partial charge in [-0.2, -0.15) is 0 Å². The number of ether oxygens (including phenoxy) is 1. The fraction of sp³-hybridized carbons (Fsp3) is 0.167. The normalized spacial score (nSPS) is 10.1. The van der Waals surface area contributed by atoms with Crippen LogP contribution in [0.5, 0.6) is 5.75 Å². The van der Waals surface area contributed by atoms with Crippen LogP contribution in [0.1, 0.15) is 5.56 Å². The molecular weight excluding hydrogens is 286 g/mol. The van der Waals surface area contributed by atoms with Crippen LogP contribution in [-0.4, -0.2) is 7.11 Å². The first-order chi connectivity index (χ1) is 7.78. The molecule has 16 heavy (non-hydrogen) atoms. The summed E-state index contributed by atoms with van der Waals surface area (Å²) in [5.41, 5.74) is 2.39. The summed E-state index contributed by atoms with van der Waals surface area (Å²) in [6, 6.07) is 10.1. The van der Waals surface area contributed by atoms with Crippen molar-refractivity contribution in [3.63, 3.8) is 0 Å². The van der Waals surface area contributed by atoms with E-state index in [9.17, 15) is 0 Å². The molecule has 1 N–H and O–H groups in total. The summed E-state index contributed by atoms with van der Waals surface area (Å²) in [6.07, 6.45) is 0. The molecule has 1 heterocycles. The van der Waals surface area contributed by atoms with Crippen LogP contribution in [0.4, 0.5) is 5.69 Å². The van der Waals surface area contributed by atoms with Gasteiger partial charge in [0, 0.05) is 12.2 Å². The maximum absolute atomic E-state index is 5.10. The van der Waals surface area contributed by atoms with Crippen LogP contribution < -0.4 is 10.1 Å². The highest BCUT2D eigenvalue weighted by Crippen LogP contribution is 2.22. The summed E-state index contributed by atoms with van der Waals surface area (Å²) in [5, 5.41) is 5.50. The molecule has 2 rings (SSSR count). The monoisotopic (exact) mass is 297 g/mol. The van der Waals surface area contributed by atoms with Gasteiger partial charge in [0.15, 0.2) is 0 Å². The molecule has 0 atom stereocenters. The highest BCUT2D eigenvalue weighted by atomic mass is 79.9. The van der Waals surface area contributed by atoms with E-state index in [1.54, 1.807) is 18.4 Å². The van der Waals surface area contributed by atoms with Crippen LogP contribution in [0.3, 0.4) is 0 Å². The fourth-order valence-corrected chi connectivity index (χ4v) is 2.56. The van der Waals surface area contributed by atoms with Crippen LogP contribution in [0, 0.1) is 0 Å². The Kier molecular flexibility index (Phi) is 3.85. The summed E-state index contributed by atoms with van der Waals surface area (Å²) in [6.45, 7) is 0.842. The average molecular weight is 298 g/mol. The van der Waals surface area contributed by atoms with Gasteiger partial charge < -0.3 is 10.1 Å². The van der Waals surface area contributed by atoms with Crippen molar-refractivity contribution in [2.75, 3.05) is 12.4 Å². The molecule has 1 aromatic carbocycles. The molecule has 0 fully saturated rings. The molecular formula is C12H12BrNOS. The smallest absolute Gasteiger partial charge is 0.119 e. The van der Waals surface area contributed by atoms with E-state index < -0.39 is 0 Å². The Balaban J connectivity index is 1.94. The zero-order valence-corrected chi connectivity index (χ0v) is 11.3. The molecule has 0 unspecified atom stereocenters. The molecule has 0 spiro atoms. The summed E-state index contributed by atoms with van der Waals surface area (Å²) >= 11 is 5.15. The van der Waals surface area contributed by atoms with Crippen molar-refractivity contribution < 1.29 is 4.74 Å². The molecule has 2 nitrogen and oxygen atoms in total. The van der Waals surface area contributed by atoms with Crippen LogP contribution >= 0.6 is 27.3 Å².